The van der Waals surface area contributed by atoms with E-state index in [1.807, 2.05) is 4.57 Å². The molecule has 1 aromatic rings. The summed E-state index contributed by atoms with van der Waals surface area (Å²) in [7, 11) is 0. The highest BCUT2D eigenvalue weighted by Crippen LogP contribution is 2.39. The Balaban J connectivity index is 1.82. The molecule has 1 saturated carbocycles. The van der Waals surface area contributed by atoms with Gasteiger partial charge in [0, 0.05) is 12.0 Å². The van der Waals surface area contributed by atoms with E-state index in [4.69, 9.17) is 4.74 Å². The van der Waals surface area contributed by atoms with Crippen molar-refractivity contribution in [1.29, 1.82) is 0 Å². The lowest BCUT2D eigenvalue weighted by atomic mass is 10.0. The standard InChI is InChI=1S/C9H12FN3O/c10-8(6-3-14-4-6)9-12-11-5-13(9)7-1-2-7/h5-8H,1-4H2/t8-/m1/s1. The third-order valence-electron chi connectivity index (χ3n) is 2.87. The Bertz CT molecular complexity index is 333. The summed E-state index contributed by atoms with van der Waals surface area (Å²) < 4.78 is 20.7. The van der Waals surface area contributed by atoms with Gasteiger partial charge in [-0.15, -0.1) is 10.2 Å². The Morgan fingerprint density at radius 2 is 2.29 bits per heavy atom. The zero-order valence-electron chi connectivity index (χ0n) is 7.77. The van der Waals surface area contributed by atoms with Crippen molar-refractivity contribution in [1.82, 2.24) is 14.8 Å². The Morgan fingerprint density at radius 3 is 2.86 bits per heavy atom. The number of aromatic nitrogens is 3. The highest BCUT2D eigenvalue weighted by molar-refractivity contribution is 5.01. The topological polar surface area (TPSA) is 39.9 Å². The van der Waals surface area contributed by atoms with Gasteiger partial charge in [-0.1, -0.05) is 0 Å². The lowest BCUT2D eigenvalue weighted by Gasteiger charge is -2.28. The lowest BCUT2D eigenvalue weighted by Crippen LogP contribution is -2.32. The van der Waals surface area contributed by atoms with E-state index in [1.54, 1.807) is 6.33 Å². The van der Waals surface area contributed by atoms with Gasteiger partial charge >= 0.3 is 0 Å². The predicted octanol–water partition coefficient (Wildman–Crippen LogP) is 1.27. The van der Waals surface area contributed by atoms with E-state index < -0.39 is 6.17 Å². The van der Waals surface area contributed by atoms with Gasteiger partial charge in [0.05, 0.1) is 13.2 Å². The van der Waals surface area contributed by atoms with Gasteiger partial charge in [-0.3, -0.25) is 0 Å². The Hall–Kier alpha value is -0.970. The Kier molecular flexibility index (Phi) is 1.80. The van der Waals surface area contributed by atoms with Crippen LogP contribution < -0.4 is 0 Å². The number of ether oxygens (including phenoxy) is 1. The maximum absolute atomic E-state index is 13.9. The fraction of sp³-hybridized carbons (Fsp3) is 0.778. The second-order valence-electron chi connectivity index (χ2n) is 4.03. The summed E-state index contributed by atoms with van der Waals surface area (Å²) in [5.74, 6) is 0.470. The molecule has 1 aliphatic carbocycles. The molecule has 4 nitrogen and oxygen atoms in total. The first-order valence-electron chi connectivity index (χ1n) is 4.97. The van der Waals surface area contributed by atoms with Crippen molar-refractivity contribution in [3.8, 4) is 0 Å². The van der Waals surface area contributed by atoms with Gasteiger partial charge in [0.15, 0.2) is 12.0 Å². The molecule has 14 heavy (non-hydrogen) atoms. The van der Waals surface area contributed by atoms with Crippen LogP contribution in [0.5, 0.6) is 0 Å². The first-order valence-corrected chi connectivity index (χ1v) is 4.97. The minimum atomic E-state index is -1.01. The van der Waals surface area contributed by atoms with Gasteiger partial charge < -0.3 is 9.30 Å². The minimum Gasteiger partial charge on any atom is -0.380 e. The lowest BCUT2D eigenvalue weighted by molar-refractivity contribution is -0.0719. The van der Waals surface area contributed by atoms with E-state index in [1.165, 1.54) is 0 Å². The summed E-state index contributed by atoms with van der Waals surface area (Å²) in [6.07, 6.45) is 2.88. The van der Waals surface area contributed by atoms with Crippen molar-refractivity contribution in [2.24, 2.45) is 5.92 Å². The summed E-state index contributed by atoms with van der Waals surface area (Å²) in [4.78, 5) is 0. The fourth-order valence-electron chi connectivity index (χ4n) is 1.72. The number of hydrogen-bond donors (Lipinski definition) is 0. The van der Waals surface area contributed by atoms with Crippen LogP contribution >= 0.6 is 0 Å². The summed E-state index contributed by atoms with van der Waals surface area (Å²) in [5.41, 5.74) is 0. The molecule has 2 fully saturated rings. The van der Waals surface area contributed by atoms with Crippen LogP contribution in [-0.4, -0.2) is 28.0 Å². The molecule has 0 spiro atoms. The van der Waals surface area contributed by atoms with Gasteiger partial charge in [-0.2, -0.15) is 0 Å². The summed E-state index contributed by atoms with van der Waals surface area (Å²) in [6.45, 7) is 1.03. The molecular formula is C9H12FN3O. The van der Waals surface area contributed by atoms with E-state index in [9.17, 15) is 4.39 Å². The average molecular weight is 197 g/mol. The zero-order chi connectivity index (χ0) is 9.54. The molecule has 1 aromatic heterocycles. The molecule has 0 amide bonds. The van der Waals surface area contributed by atoms with Crippen LogP contribution in [0.1, 0.15) is 30.9 Å². The smallest absolute Gasteiger partial charge is 0.168 e. The predicted molar refractivity (Wildman–Crippen MR) is 46.5 cm³/mol. The summed E-state index contributed by atoms with van der Waals surface area (Å²) in [5, 5.41) is 7.64. The molecule has 76 valence electrons. The normalized spacial score (nSPS) is 24.6. The molecule has 5 heteroatoms. The Morgan fingerprint density at radius 1 is 1.50 bits per heavy atom. The second-order valence-corrected chi connectivity index (χ2v) is 4.03. The molecule has 1 aliphatic heterocycles. The van der Waals surface area contributed by atoms with E-state index in [0.717, 1.165) is 12.8 Å². The largest absolute Gasteiger partial charge is 0.380 e. The van der Waals surface area contributed by atoms with Gasteiger partial charge in [-0.25, -0.2) is 4.39 Å². The van der Waals surface area contributed by atoms with Crippen LogP contribution in [0, 0.1) is 5.92 Å². The number of nitrogens with zero attached hydrogens (tertiary/aromatic N) is 3. The molecule has 0 aromatic carbocycles. The maximum atomic E-state index is 13.9. The monoisotopic (exact) mass is 197 g/mol. The SMILES string of the molecule is F[C@@H](c1nncn1C1CC1)C1COC1. The highest BCUT2D eigenvalue weighted by Gasteiger charge is 2.36. The Labute approximate surface area is 81.1 Å². The van der Waals surface area contributed by atoms with E-state index >= 15 is 0 Å². The van der Waals surface area contributed by atoms with Gasteiger partial charge in [0.25, 0.3) is 0 Å². The average Bonchev–Trinajstić information content (AvgIpc) is 2.80. The molecule has 0 N–H and O–H groups in total. The van der Waals surface area contributed by atoms with Crippen molar-refractivity contribution in [3.05, 3.63) is 12.2 Å². The van der Waals surface area contributed by atoms with E-state index in [-0.39, 0.29) is 5.92 Å². The minimum absolute atomic E-state index is 0.0169. The van der Waals surface area contributed by atoms with Crippen molar-refractivity contribution < 1.29 is 9.13 Å². The van der Waals surface area contributed by atoms with Crippen LogP contribution in [0.2, 0.25) is 0 Å². The fourth-order valence-corrected chi connectivity index (χ4v) is 1.72. The van der Waals surface area contributed by atoms with E-state index in [2.05, 4.69) is 10.2 Å². The van der Waals surface area contributed by atoms with Crippen LogP contribution in [-0.2, 0) is 4.74 Å². The molecule has 1 atom stereocenters. The van der Waals surface area contributed by atoms with Crippen LogP contribution in [0.15, 0.2) is 6.33 Å². The molecule has 0 radical (unpaired) electrons. The van der Waals surface area contributed by atoms with Gasteiger partial charge in [0.2, 0.25) is 0 Å². The molecule has 2 heterocycles. The summed E-state index contributed by atoms with van der Waals surface area (Å²) in [6, 6.07) is 0.444. The van der Waals surface area contributed by atoms with E-state index in [0.29, 0.717) is 25.1 Å². The zero-order valence-corrected chi connectivity index (χ0v) is 7.77. The van der Waals surface area contributed by atoms with Crippen LogP contribution in [0.25, 0.3) is 0 Å². The second kappa shape index (κ2) is 3.02. The van der Waals surface area contributed by atoms with Crippen molar-refractivity contribution in [3.63, 3.8) is 0 Å². The van der Waals surface area contributed by atoms with Crippen molar-refractivity contribution >= 4 is 0 Å². The van der Waals surface area contributed by atoms with Gasteiger partial charge in [0.1, 0.15) is 6.33 Å². The third-order valence-corrected chi connectivity index (χ3v) is 2.87. The molecule has 1 saturated heterocycles. The molecule has 0 unspecified atom stereocenters. The first-order chi connectivity index (χ1) is 6.86. The van der Waals surface area contributed by atoms with Crippen LogP contribution in [0.3, 0.4) is 0 Å². The summed E-state index contributed by atoms with van der Waals surface area (Å²) >= 11 is 0. The number of hydrogen-bond acceptors (Lipinski definition) is 3. The van der Waals surface area contributed by atoms with Gasteiger partial charge in [-0.05, 0) is 12.8 Å². The number of rotatable bonds is 3. The maximum Gasteiger partial charge on any atom is 0.168 e. The molecule has 0 bridgehead atoms. The molecule has 3 rings (SSSR count). The van der Waals surface area contributed by atoms with Crippen molar-refractivity contribution in [2.45, 2.75) is 25.1 Å². The molecule has 2 aliphatic rings. The number of alkyl halides is 1. The highest BCUT2D eigenvalue weighted by atomic mass is 19.1. The van der Waals surface area contributed by atoms with Crippen molar-refractivity contribution in [2.75, 3.05) is 13.2 Å². The van der Waals surface area contributed by atoms with Crippen LogP contribution in [0.4, 0.5) is 4.39 Å². The quantitative estimate of drug-likeness (QED) is 0.732. The first kappa shape index (κ1) is 8.35. The molecular weight excluding hydrogens is 185 g/mol. The number of halogens is 1. The third kappa shape index (κ3) is 1.23.